The molecule has 28 heavy (non-hydrogen) atoms. The molecule has 0 bridgehead atoms. The molecule has 0 heterocycles. The summed E-state index contributed by atoms with van der Waals surface area (Å²) in [7, 11) is 0. The fourth-order valence-electron chi connectivity index (χ4n) is 3.13. The summed E-state index contributed by atoms with van der Waals surface area (Å²) in [5.41, 5.74) is 0.947. The molecule has 1 saturated carbocycles. The van der Waals surface area contributed by atoms with Crippen molar-refractivity contribution in [3.63, 3.8) is 0 Å². The zero-order chi connectivity index (χ0) is 20.1. The Morgan fingerprint density at radius 1 is 1.11 bits per heavy atom. The molecule has 1 aliphatic rings. The van der Waals surface area contributed by atoms with E-state index in [2.05, 4.69) is 17.5 Å². The molecule has 1 amide bonds. The van der Waals surface area contributed by atoms with Gasteiger partial charge in [-0.05, 0) is 43.4 Å². The monoisotopic (exact) mass is 373 g/mol. The molecular formula is C22H19N3O3. The molecule has 6 nitrogen and oxygen atoms in total. The van der Waals surface area contributed by atoms with E-state index in [4.69, 9.17) is 4.74 Å². The summed E-state index contributed by atoms with van der Waals surface area (Å²) in [6.45, 7) is 1.20. The third-order valence-corrected chi connectivity index (χ3v) is 4.84. The molecule has 0 aliphatic heterocycles. The fourth-order valence-corrected chi connectivity index (χ4v) is 3.13. The second kappa shape index (κ2) is 7.94. The molecule has 0 radical (unpaired) electrons. The maximum atomic E-state index is 12.6. The van der Waals surface area contributed by atoms with E-state index in [1.54, 1.807) is 55.5 Å². The van der Waals surface area contributed by atoms with Crippen molar-refractivity contribution in [1.29, 1.82) is 10.5 Å². The van der Waals surface area contributed by atoms with E-state index in [9.17, 15) is 20.1 Å². The molecule has 1 N–H and O–H groups in total. The van der Waals surface area contributed by atoms with Gasteiger partial charge in [-0.15, -0.1) is 0 Å². The quantitative estimate of drug-likeness (QED) is 0.783. The molecule has 0 aromatic heterocycles. The van der Waals surface area contributed by atoms with Crippen LogP contribution < -0.4 is 5.32 Å². The van der Waals surface area contributed by atoms with Gasteiger partial charge >= 0.3 is 5.97 Å². The third-order valence-electron chi connectivity index (χ3n) is 4.84. The number of benzene rings is 2. The lowest BCUT2D eigenvalue weighted by atomic mass is 9.96. The largest absolute Gasteiger partial charge is 0.452 e. The normalized spacial score (nSPS) is 14.8. The molecule has 2 aromatic carbocycles. The van der Waals surface area contributed by atoms with Gasteiger partial charge in [-0.1, -0.05) is 36.4 Å². The van der Waals surface area contributed by atoms with Gasteiger partial charge in [-0.25, -0.2) is 4.79 Å². The lowest BCUT2D eigenvalue weighted by molar-refractivity contribution is -0.125. The minimum atomic E-state index is -0.937. The number of amides is 1. The van der Waals surface area contributed by atoms with Crippen LogP contribution in [-0.4, -0.2) is 24.0 Å². The first-order chi connectivity index (χ1) is 13.5. The summed E-state index contributed by atoms with van der Waals surface area (Å²) in [5, 5.41) is 21.3. The third kappa shape index (κ3) is 4.02. The zero-order valence-electron chi connectivity index (χ0n) is 15.4. The van der Waals surface area contributed by atoms with Gasteiger partial charge in [0.25, 0.3) is 5.91 Å². The van der Waals surface area contributed by atoms with Crippen molar-refractivity contribution in [1.82, 2.24) is 5.32 Å². The number of carbonyl (C=O) groups excluding carboxylic acids is 2. The van der Waals surface area contributed by atoms with Crippen molar-refractivity contribution in [2.24, 2.45) is 5.92 Å². The maximum Gasteiger partial charge on any atom is 0.339 e. The van der Waals surface area contributed by atoms with Gasteiger partial charge in [-0.2, -0.15) is 10.5 Å². The number of ether oxygens (including phenoxy) is 1. The van der Waals surface area contributed by atoms with Crippen LogP contribution in [0.5, 0.6) is 0 Å². The van der Waals surface area contributed by atoms with E-state index < -0.39 is 24.0 Å². The highest BCUT2D eigenvalue weighted by molar-refractivity contribution is 5.99. The van der Waals surface area contributed by atoms with Crippen molar-refractivity contribution >= 4 is 11.9 Å². The van der Waals surface area contributed by atoms with Crippen LogP contribution in [-0.2, 0) is 9.53 Å². The number of nitrogens with zero attached hydrogens (tertiary/aromatic N) is 2. The van der Waals surface area contributed by atoms with Gasteiger partial charge in [0.1, 0.15) is 5.54 Å². The molecule has 140 valence electrons. The summed E-state index contributed by atoms with van der Waals surface area (Å²) in [6, 6.07) is 18.0. The van der Waals surface area contributed by atoms with E-state index in [0.717, 1.165) is 12.8 Å². The predicted octanol–water partition coefficient (Wildman–Crippen LogP) is 3.19. The van der Waals surface area contributed by atoms with E-state index in [-0.39, 0.29) is 11.5 Å². The first-order valence-corrected chi connectivity index (χ1v) is 8.96. The molecule has 1 atom stereocenters. The van der Waals surface area contributed by atoms with Gasteiger partial charge < -0.3 is 10.1 Å². The maximum absolute atomic E-state index is 12.6. The Labute approximate surface area is 163 Å². The van der Waals surface area contributed by atoms with E-state index in [1.807, 2.05) is 0 Å². The summed E-state index contributed by atoms with van der Waals surface area (Å²) in [4.78, 5) is 24.7. The lowest BCUT2D eigenvalue weighted by Gasteiger charge is -2.22. The van der Waals surface area contributed by atoms with E-state index >= 15 is 0 Å². The lowest BCUT2D eigenvalue weighted by Crippen LogP contribution is -2.48. The standard InChI is InChI=1S/C22H19N3O3/c1-22(14-24,16-10-11-16)25-20(26)13-28-21(27)19-9-5-4-8-18(19)17-7-3-2-6-15(17)12-23/h2-9,16H,10-11,13H2,1H3,(H,25,26)/t22-/m1/s1. The first kappa shape index (κ1) is 19.1. The molecule has 2 aromatic rings. The highest BCUT2D eigenvalue weighted by Crippen LogP contribution is 2.39. The number of hydrogen-bond donors (Lipinski definition) is 1. The molecular weight excluding hydrogens is 354 g/mol. The van der Waals surface area contributed by atoms with Gasteiger partial charge in [-0.3, -0.25) is 4.79 Å². The minimum Gasteiger partial charge on any atom is -0.452 e. The second-order valence-electron chi connectivity index (χ2n) is 6.92. The van der Waals surface area contributed by atoms with Crippen molar-refractivity contribution in [3.05, 3.63) is 59.7 Å². The van der Waals surface area contributed by atoms with E-state index in [1.165, 1.54) is 0 Å². The van der Waals surface area contributed by atoms with Gasteiger partial charge in [0.2, 0.25) is 0 Å². The molecule has 0 spiro atoms. The van der Waals surface area contributed by atoms with Crippen molar-refractivity contribution in [3.8, 4) is 23.3 Å². The van der Waals surface area contributed by atoms with Crippen LogP contribution in [0.2, 0.25) is 0 Å². The number of esters is 1. The number of nitrogens with one attached hydrogen (secondary N) is 1. The summed E-state index contributed by atoms with van der Waals surface area (Å²) >= 11 is 0. The Balaban J connectivity index is 1.73. The summed E-state index contributed by atoms with van der Waals surface area (Å²) in [6.07, 6.45) is 1.80. The van der Waals surface area contributed by atoms with Crippen LogP contribution in [0.15, 0.2) is 48.5 Å². The fraction of sp³-hybridized carbons (Fsp3) is 0.273. The van der Waals surface area contributed by atoms with Crippen LogP contribution in [0.4, 0.5) is 0 Å². The van der Waals surface area contributed by atoms with Crippen molar-refractivity contribution < 1.29 is 14.3 Å². The van der Waals surface area contributed by atoms with Crippen LogP contribution in [0, 0.1) is 28.6 Å². The molecule has 1 fully saturated rings. The molecule has 0 saturated heterocycles. The smallest absolute Gasteiger partial charge is 0.339 e. The van der Waals surface area contributed by atoms with Crippen molar-refractivity contribution in [2.75, 3.05) is 6.61 Å². The zero-order valence-corrected chi connectivity index (χ0v) is 15.4. The Bertz CT molecular complexity index is 999. The highest BCUT2D eigenvalue weighted by Gasteiger charge is 2.43. The highest BCUT2D eigenvalue weighted by atomic mass is 16.5. The number of hydrogen-bond acceptors (Lipinski definition) is 5. The van der Waals surface area contributed by atoms with Crippen LogP contribution >= 0.6 is 0 Å². The summed E-state index contributed by atoms with van der Waals surface area (Å²) in [5.74, 6) is -1.04. The summed E-state index contributed by atoms with van der Waals surface area (Å²) < 4.78 is 5.17. The Morgan fingerprint density at radius 2 is 1.75 bits per heavy atom. The Hall–Kier alpha value is -3.64. The Kier molecular flexibility index (Phi) is 5.42. The molecule has 0 unspecified atom stereocenters. The van der Waals surface area contributed by atoms with Crippen LogP contribution in [0.1, 0.15) is 35.7 Å². The Morgan fingerprint density at radius 3 is 2.39 bits per heavy atom. The average Bonchev–Trinajstić information content (AvgIpc) is 3.58. The molecule has 6 heteroatoms. The SMILES string of the molecule is C[C@](C#N)(NC(=O)COC(=O)c1ccccc1-c1ccccc1C#N)C1CC1. The molecule has 1 aliphatic carbocycles. The average molecular weight is 373 g/mol. The number of rotatable bonds is 6. The van der Waals surface area contributed by atoms with E-state index in [0.29, 0.717) is 16.7 Å². The van der Waals surface area contributed by atoms with Gasteiger partial charge in [0, 0.05) is 5.56 Å². The number of nitriles is 2. The molecule has 3 rings (SSSR count). The second-order valence-corrected chi connectivity index (χ2v) is 6.92. The first-order valence-electron chi connectivity index (χ1n) is 8.96. The van der Waals surface area contributed by atoms with Crippen LogP contribution in [0.25, 0.3) is 11.1 Å². The topological polar surface area (TPSA) is 103 Å². The predicted molar refractivity (Wildman–Crippen MR) is 102 cm³/mol. The number of carbonyl (C=O) groups is 2. The van der Waals surface area contributed by atoms with Crippen LogP contribution in [0.3, 0.4) is 0 Å². The van der Waals surface area contributed by atoms with Crippen molar-refractivity contribution in [2.45, 2.75) is 25.3 Å². The van der Waals surface area contributed by atoms with Gasteiger partial charge in [0.05, 0.1) is 23.3 Å². The minimum absolute atomic E-state index is 0.139. The van der Waals surface area contributed by atoms with Gasteiger partial charge in [0.15, 0.2) is 6.61 Å².